The maximum absolute atomic E-state index is 13.3. The second-order valence-electron chi connectivity index (χ2n) is 13.5. The van der Waals surface area contributed by atoms with Crippen LogP contribution >= 0.6 is 0 Å². The van der Waals surface area contributed by atoms with Crippen LogP contribution in [0.25, 0.3) is 28.2 Å². The van der Waals surface area contributed by atoms with Gasteiger partial charge in [-0.2, -0.15) is 0 Å². The molecule has 3 N–H and O–H groups in total. The average molecular weight is 607 g/mol. The Kier molecular flexibility index (Phi) is 7.31. The quantitative estimate of drug-likeness (QED) is 0.197. The zero-order chi connectivity index (χ0) is 31.5. The van der Waals surface area contributed by atoms with Crippen LogP contribution in [0.15, 0.2) is 55.4 Å². The zero-order valence-corrected chi connectivity index (χ0v) is 26.5. The lowest BCUT2D eigenvalue weighted by Crippen LogP contribution is -2.35. The summed E-state index contributed by atoms with van der Waals surface area (Å²) < 4.78 is 13.8. The Hall–Kier alpha value is -4.37. The van der Waals surface area contributed by atoms with E-state index < -0.39 is 5.97 Å². The molecule has 9 heteroatoms. The van der Waals surface area contributed by atoms with Crippen LogP contribution in [-0.4, -0.2) is 52.3 Å². The molecule has 2 aromatic heterocycles. The minimum atomic E-state index is -0.448. The fraction of sp³-hybridized carbons (Fsp3) is 0.417. The number of nitrogens with two attached hydrogens (primary N) is 1. The third-order valence-electron chi connectivity index (χ3n) is 9.48. The molecule has 2 aliphatic carbocycles. The van der Waals surface area contributed by atoms with E-state index in [-0.39, 0.29) is 11.6 Å². The topological polar surface area (TPSA) is 108 Å². The fourth-order valence-corrected chi connectivity index (χ4v) is 7.41. The number of para-hydroxylation sites is 1. The first kappa shape index (κ1) is 29.3. The molecule has 1 saturated heterocycles. The Morgan fingerprint density at radius 1 is 1.18 bits per heavy atom. The lowest BCUT2D eigenvalue weighted by atomic mass is 10.00. The number of hydrogen-bond acceptors (Lipinski definition) is 8. The van der Waals surface area contributed by atoms with E-state index in [1.807, 2.05) is 38.1 Å². The van der Waals surface area contributed by atoms with Crippen molar-refractivity contribution in [2.45, 2.75) is 64.1 Å². The smallest absolute Gasteiger partial charge is 0.342 e. The molecule has 3 aliphatic rings. The molecule has 0 radical (unpaired) electrons. The molecular formula is C36H42N6O3. The van der Waals surface area contributed by atoms with Crippen molar-refractivity contribution in [3.63, 3.8) is 0 Å². The molecule has 45 heavy (non-hydrogen) atoms. The fourth-order valence-electron chi connectivity index (χ4n) is 7.41. The average Bonchev–Trinajstić information content (AvgIpc) is 3.58. The lowest BCUT2D eigenvalue weighted by Gasteiger charge is -2.26. The number of esters is 1. The monoisotopic (exact) mass is 606 g/mol. The van der Waals surface area contributed by atoms with E-state index >= 15 is 0 Å². The van der Waals surface area contributed by atoms with Gasteiger partial charge in [-0.3, -0.25) is 0 Å². The second kappa shape index (κ2) is 11.2. The zero-order valence-electron chi connectivity index (χ0n) is 26.5. The molecular weight excluding hydrogens is 564 g/mol. The van der Waals surface area contributed by atoms with Crippen LogP contribution in [-0.2, 0) is 4.74 Å². The van der Waals surface area contributed by atoms with Crippen molar-refractivity contribution < 1.29 is 14.3 Å². The van der Waals surface area contributed by atoms with Gasteiger partial charge >= 0.3 is 5.97 Å². The first-order chi connectivity index (χ1) is 21.6. The summed E-state index contributed by atoms with van der Waals surface area (Å²) in [5, 5.41) is 4.42. The number of methoxy groups -OCH3 is 1. The summed E-state index contributed by atoms with van der Waals surface area (Å²) in [4.78, 5) is 25.3. The number of anilines is 3. The molecule has 0 amide bonds. The van der Waals surface area contributed by atoms with Crippen LogP contribution in [0.5, 0.6) is 5.75 Å². The van der Waals surface area contributed by atoms with Crippen LogP contribution in [0.4, 0.5) is 17.3 Å². The Morgan fingerprint density at radius 2 is 1.91 bits per heavy atom. The van der Waals surface area contributed by atoms with Crippen LogP contribution < -0.4 is 20.7 Å². The minimum absolute atomic E-state index is 0.0686. The predicted molar refractivity (Wildman–Crippen MR) is 179 cm³/mol. The summed E-state index contributed by atoms with van der Waals surface area (Å²) >= 11 is 0. The Balaban J connectivity index is 1.25. The molecule has 0 spiro atoms. The van der Waals surface area contributed by atoms with Crippen molar-refractivity contribution in [1.29, 1.82) is 0 Å². The summed E-state index contributed by atoms with van der Waals surface area (Å²) in [6.45, 7) is 11.9. The van der Waals surface area contributed by atoms with Gasteiger partial charge in [0.1, 0.15) is 11.3 Å². The Labute approximate surface area is 264 Å². The van der Waals surface area contributed by atoms with Crippen molar-refractivity contribution in [1.82, 2.24) is 14.5 Å². The molecule has 4 aromatic rings. The van der Waals surface area contributed by atoms with Gasteiger partial charge in [-0.15, -0.1) is 0 Å². The number of carbonyl (C=O) groups is 1. The Bertz CT molecular complexity index is 1770. The SMILES string of the molecule is C=Cc1cc(Nc2ncc(C(=O)OC(C)C)c(-c3cn(C4CC4)c4ccccc34)n2)c(OC)cc1N1CC2CC(C)(N)CC2C1. The van der Waals surface area contributed by atoms with E-state index in [4.69, 9.17) is 20.2 Å². The largest absolute Gasteiger partial charge is 0.494 e. The first-order valence-electron chi connectivity index (χ1n) is 16.0. The summed E-state index contributed by atoms with van der Waals surface area (Å²) in [6.07, 6.45) is 9.67. The molecule has 7 rings (SSSR count). The van der Waals surface area contributed by atoms with Gasteiger partial charge in [-0.25, -0.2) is 14.8 Å². The standard InChI is InChI=1S/C36H42N6O3/c1-6-22-13-29(32(44-5)14-31(22)41-18-23-15-36(4,37)16-24(23)19-41)39-35-38-17-27(34(43)45-21(2)3)33(40-35)28-20-42(25-11-12-25)30-10-8-7-9-26(28)30/h6-10,13-14,17,20-21,23-25H,1,11-12,15-16,18-19,37H2,2-5H3,(H,38,39,40). The van der Waals surface area contributed by atoms with Crippen molar-refractivity contribution in [3.05, 3.63) is 66.5 Å². The van der Waals surface area contributed by atoms with Gasteiger partial charge in [0.05, 0.1) is 24.6 Å². The van der Waals surface area contributed by atoms with Crippen molar-refractivity contribution in [2.24, 2.45) is 17.6 Å². The van der Waals surface area contributed by atoms with Gasteiger partial charge in [0.25, 0.3) is 0 Å². The van der Waals surface area contributed by atoms with Crippen molar-refractivity contribution >= 4 is 40.3 Å². The normalized spacial score (nSPS) is 22.6. The molecule has 2 unspecified atom stereocenters. The van der Waals surface area contributed by atoms with Crippen LogP contribution in [0.2, 0.25) is 0 Å². The molecule has 3 fully saturated rings. The van der Waals surface area contributed by atoms with E-state index in [0.29, 0.717) is 46.5 Å². The highest BCUT2D eigenvalue weighted by atomic mass is 16.5. The summed E-state index contributed by atoms with van der Waals surface area (Å²) in [5.41, 5.74) is 12.1. The number of nitrogens with one attached hydrogen (secondary N) is 1. The van der Waals surface area contributed by atoms with E-state index in [1.165, 1.54) is 0 Å². The number of ether oxygens (including phenoxy) is 2. The second-order valence-corrected chi connectivity index (χ2v) is 13.5. The van der Waals surface area contributed by atoms with Gasteiger partial charge in [-0.05, 0) is 76.0 Å². The summed E-state index contributed by atoms with van der Waals surface area (Å²) in [7, 11) is 1.67. The van der Waals surface area contributed by atoms with Crippen LogP contribution in [0, 0.1) is 11.8 Å². The minimum Gasteiger partial charge on any atom is -0.494 e. The molecule has 1 aliphatic heterocycles. The van der Waals surface area contributed by atoms with E-state index in [9.17, 15) is 4.79 Å². The van der Waals surface area contributed by atoms with Gasteiger partial charge in [0.2, 0.25) is 5.95 Å². The number of aromatic nitrogens is 3. The maximum atomic E-state index is 13.3. The van der Waals surface area contributed by atoms with E-state index in [0.717, 1.165) is 66.5 Å². The molecule has 2 aromatic carbocycles. The van der Waals surface area contributed by atoms with Gasteiger partial charge in [0.15, 0.2) is 0 Å². The highest BCUT2D eigenvalue weighted by molar-refractivity contribution is 6.03. The molecule has 234 valence electrons. The number of benzene rings is 2. The number of hydrogen-bond donors (Lipinski definition) is 2. The highest BCUT2D eigenvalue weighted by Gasteiger charge is 2.45. The van der Waals surface area contributed by atoms with Gasteiger partial charge in [0, 0.05) is 65.3 Å². The molecule has 0 bridgehead atoms. The molecule has 2 saturated carbocycles. The predicted octanol–water partition coefficient (Wildman–Crippen LogP) is 6.96. The van der Waals surface area contributed by atoms with Crippen LogP contribution in [0.3, 0.4) is 0 Å². The third-order valence-corrected chi connectivity index (χ3v) is 9.48. The van der Waals surface area contributed by atoms with Gasteiger partial charge in [-0.1, -0.05) is 30.9 Å². The van der Waals surface area contributed by atoms with Crippen molar-refractivity contribution in [2.75, 3.05) is 30.4 Å². The van der Waals surface area contributed by atoms with Gasteiger partial charge < -0.3 is 30.0 Å². The molecule has 2 atom stereocenters. The number of fused-ring (bicyclic) bond motifs is 2. The Morgan fingerprint density at radius 3 is 2.58 bits per heavy atom. The number of carbonyl (C=O) groups excluding carboxylic acids is 1. The van der Waals surface area contributed by atoms with E-state index in [1.54, 1.807) is 13.3 Å². The summed E-state index contributed by atoms with van der Waals surface area (Å²) in [5.74, 6) is 1.78. The maximum Gasteiger partial charge on any atom is 0.342 e. The summed E-state index contributed by atoms with van der Waals surface area (Å²) in [6, 6.07) is 12.8. The highest BCUT2D eigenvalue weighted by Crippen LogP contribution is 2.46. The molecule has 9 nitrogen and oxygen atoms in total. The van der Waals surface area contributed by atoms with Crippen molar-refractivity contribution in [3.8, 4) is 17.0 Å². The number of nitrogens with zero attached hydrogens (tertiary/aromatic N) is 4. The van der Waals surface area contributed by atoms with E-state index in [2.05, 4.69) is 57.7 Å². The van der Waals surface area contributed by atoms with Crippen LogP contribution in [0.1, 0.15) is 68.4 Å². The first-order valence-corrected chi connectivity index (χ1v) is 16.0. The molecule has 3 heterocycles. The third kappa shape index (κ3) is 5.54. The lowest BCUT2D eigenvalue weighted by molar-refractivity contribution is 0.0378. The number of rotatable bonds is 9.